The van der Waals surface area contributed by atoms with Gasteiger partial charge in [0.25, 0.3) is 10.2 Å². The molecule has 0 bridgehead atoms. The summed E-state index contributed by atoms with van der Waals surface area (Å²) in [6, 6.07) is 7.73. The number of carbonyl (C=O) groups excluding carboxylic acids is 2. The minimum atomic E-state index is -3.46. The normalized spacial score (nSPS) is 20.4. The summed E-state index contributed by atoms with van der Waals surface area (Å²) in [7, 11) is -3.46. The zero-order chi connectivity index (χ0) is 21.0. The van der Waals surface area contributed by atoms with Crippen molar-refractivity contribution in [1.82, 2.24) is 13.5 Å². The Morgan fingerprint density at radius 1 is 1.14 bits per heavy atom. The Morgan fingerprint density at radius 3 is 2.45 bits per heavy atom. The van der Waals surface area contributed by atoms with Gasteiger partial charge in [0.1, 0.15) is 0 Å². The summed E-state index contributed by atoms with van der Waals surface area (Å²) in [6.45, 7) is 5.90. The van der Waals surface area contributed by atoms with Gasteiger partial charge in [-0.2, -0.15) is 17.0 Å². The van der Waals surface area contributed by atoms with E-state index in [-0.39, 0.29) is 17.7 Å². The minimum Gasteiger partial charge on any atom is -0.340 e. The van der Waals surface area contributed by atoms with Crippen molar-refractivity contribution in [3.8, 4) is 0 Å². The van der Waals surface area contributed by atoms with Crippen molar-refractivity contribution in [2.24, 2.45) is 5.92 Å². The van der Waals surface area contributed by atoms with Crippen LogP contribution in [-0.2, 0) is 26.2 Å². The van der Waals surface area contributed by atoms with Gasteiger partial charge in [-0.25, -0.2) is 0 Å². The van der Waals surface area contributed by atoms with E-state index >= 15 is 0 Å². The first-order valence-corrected chi connectivity index (χ1v) is 11.7. The van der Waals surface area contributed by atoms with Crippen LogP contribution in [0.25, 0.3) is 0 Å². The molecule has 0 spiro atoms. The van der Waals surface area contributed by atoms with Gasteiger partial charge < -0.3 is 10.2 Å². The maximum Gasteiger partial charge on any atom is 0.282 e. The second-order valence-corrected chi connectivity index (χ2v) is 9.39. The molecule has 1 aromatic rings. The van der Waals surface area contributed by atoms with Crippen LogP contribution in [0.2, 0.25) is 0 Å². The van der Waals surface area contributed by atoms with Crippen LogP contribution in [0, 0.1) is 5.92 Å². The van der Waals surface area contributed by atoms with Gasteiger partial charge in [-0.3, -0.25) is 9.59 Å². The van der Waals surface area contributed by atoms with E-state index in [1.165, 1.54) is 8.61 Å². The van der Waals surface area contributed by atoms with Crippen molar-refractivity contribution < 1.29 is 18.0 Å². The lowest BCUT2D eigenvalue weighted by Crippen LogP contribution is -2.54. The van der Waals surface area contributed by atoms with Gasteiger partial charge in [0.05, 0.1) is 0 Å². The van der Waals surface area contributed by atoms with Gasteiger partial charge in [0.15, 0.2) is 0 Å². The van der Waals surface area contributed by atoms with Gasteiger partial charge in [0, 0.05) is 57.3 Å². The number of rotatable bonds is 7. The van der Waals surface area contributed by atoms with Crippen LogP contribution in [0.5, 0.6) is 0 Å². The Labute approximate surface area is 173 Å². The van der Waals surface area contributed by atoms with Gasteiger partial charge >= 0.3 is 0 Å². The molecule has 8 nitrogen and oxygen atoms in total. The quantitative estimate of drug-likeness (QED) is 0.717. The molecule has 9 heteroatoms. The predicted molar refractivity (Wildman–Crippen MR) is 111 cm³/mol. The van der Waals surface area contributed by atoms with Gasteiger partial charge in [-0.15, -0.1) is 0 Å². The molecule has 1 unspecified atom stereocenters. The second-order valence-electron chi connectivity index (χ2n) is 7.46. The molecule has 0 aromatic heterocycles. The van der Waals surface area contributed by atoms with Crippen LogP contribution in [0.15, 0.2) is 24.3 Å². The number of anilines is 1. The van der Waals surface area contributed by atoms with Gasteiger partial charge in [-0.05, 0) is 24.5 Å². The van der Waals surface area contributed by atoms with E-state index in [0.29, 0.717) is 58.5 Å². The standard InChI is InChI=1S/C20H30N4O4S/c1-3-23(4-2)29(27,28)24-13-11-22(12-14-24)19(25)10-9-17-15-16-7-5-6-8-18(16)21-20(17)26/h5-8,17H,3-4,9-15H2,1-2H3,(H,21,26). The van der Waals surface area contributed by atoms with Crippen molar-refractivity contribution in [3.05, 3.63) is 29.8 Å². The molecule has 2 aliphatic heterocycles. The summed E-state index contributed by atoms with van der Waals surface area (Å²) >= 11 is 0. The maximum absolute atomic E-state index is 12.6. The lowest BCUT2D eigenvalue weighted by molar-refractivity contribution is -0.133. The fraction of sp³-hybridized carbons (Fsp3) is 0.600. The van der Waals surface area contributed by atoms with Crippen LogP contribution in [0.3, 0.4) is 0 Å². The highest BCUT2D eigenvalue weighted by atomic mass is 32.2. The molecule has 2 amide bonds. The molecule has 2 aliphatic rings. The molecule has 3 rings (SSSR count). The van der Waals surface area contributed by atoms with Gasteiger partial charge in [-0.1, -0.05) is 32.0 Å². The van der Waals surface area contributed by atoms with Crippen molar-refractivity contribution in [3.63, 3.8) is 0 Å². The summed E-state index contributed by atoms with van der Waals surface area (Å²) in [5.74, 6) is -0.263. The summed E-state index contributed by atoms with van der Waals surface area (Å²) in [5.41, 5.74) is 1.95. The molecule has 160 valence electrons. The molecule has 0 radical (unpaired) electrons. The first-order chi connectivity index (χ1) is 13.9. The van der Waals surface area contributed by atoms with Crippen LogP contribution in [0.4, 0.5) is 5.69 Å². The fourth-order valence-electron chi connectivity index (χ4n) is 3.98. The van der Waals surface area contributed by atoms with Gasteiger partial charge in [0.2, 0.25) is 11.8 Å². The highest BCUT2D eigenvalue weighted by Crippen LogP contribution is 2.27. The lowest BCUT2D eigenvalue weighted by atomic mass is 9.89. The van der Waals surface area contributed by atoms with Crippen LogP contribution >= 0.6 is 0 Å². The topological polar surface area (TPSA) is 90.0 Å². The number of hydrogen-bond donors (Lipinski definition) is 1. The first kappa shape index (κ1) is 21.7. The number of fused-ring (bicyclic) bond motifs is 1. The second kappa shape index (κ2) is 9.23. The molecule has 2 heterocycles. The fourth-order valence-corrected chi connectivity index (χ4v) is 5.59. The lowest BCUT2D eigenvalue weighted by Gasteiger charge is -2.36. The number of benzene rings is 1. The Balaban J connectivity index is 1.50. The molecule has 1 N–H and O–H groups in total. The van der Waals surface area contributed by atoms with Crippen molar-refractivity contribution in [1.29, 1.82) is 0 Å². The zero-order valence-corrected chi connectivity index (χ0v) is 18.0. The van der Waals surface area contributed by atoms with E-state index in [4.69, 9.17) is 0 Å². The molecule has 1 atom stereocenters. The van der Waals surface area contributed by atoms with Crippen LogP contribution in [0.1, 0.15) is 32.3 Å². The first-order valence-electron chi connectivity index (χ1n) is 10.3. The number of carbonyl (C=O) groups is 2. The number of hydrogen-bond acceptors (Lipinski definition) is 4. The van der Waals surface area contributed by atoms with E-state index < -0.39 is 10.2 Å². The van der Waals surface area contributed by atoms with E-state index in [1.807, 2.05) is 38.1 Å². The van der Waals surface area contributed by atoms with Crippen LogP contribution in [-0.4, -0.2) is 73.0 Å². The third kappa shape index (κ3) is 4.79. The van der Waals surface area contributed by atoms with E-state index in [0.717, 1.165) is 11.3 Å². The van der Waals surface area contributed by atoms with Crippen molar-refractivity contribution >= 4 is 27.7 Å². The summed E-state index contributed by atoms with van der Waals surface area (Å²) < 4.78 is 28.1. The number of amides is 2. The molecule has 1 aromatic carbocycles. The number of nitrogens with one attached hydrogen (secondary N) is 1. The Hall–Kier alpha value is -1.97. The van der Waals surface area contributed by atoms with E-state index in [9.17, 15) is 18.0 Å². The number of para-hydroxylation sites is 1. The van der Waals surface area contributed by atoms with E-state index in [1.54, 1.807) is 4.90 Å². The summed E-state index contributed by atoms with van der Waals surface area (Å²) in [4.78, 5) is 26.6. The largest absolute Gasteiger partial charge is 0.340 e. The number of piperazine rings is 1. The molecule has 1 saturated heterocycles. The summed E-state index contributed by atoms with van der Waals surface area (Å²) in [5, 5.41) is 2.92. The predicted octanol–water partition coefficient (Wildman–Crippen LogP) is 1.31. The Morgan fingerprint density at radius 2 is 1.79 bits per heavy atom. The van der Waals surface area contributed by atoms with Crippen molar-refractivity contribution in [2.45, 2.75) is 33.1 Å². The molecule has 0 saturated carbocycles. The highest BCUT2D eigenvalue weighted by Gasteiger charge is 2.33. The monoisotopic (exact) mass is 422 g/mol. The third-order valence-electron chi connectivity index (χ3n) is 5.77. The SMILES string of the molecule is CCN(CC)S(=O)(=O)N1CCN(C(=O)CCC2Cc3ccccc3NC2=O)CC1. The van der Waals surface area contributed by atoms with Crippen LogP contribution < -0.4 is 5.32 Å². The molecular weight excluding hydrogens is 392 g/mol. The zero-order valence-electron chi connectivity index (χ0n) is 17.1. The van der Waals surface area contributed by atoms with Crippen molar-refractivity contribution in [2.75, 3.05) is 44.6 Å². The Bertz CT molecular complexity index is 846. The Kier molecular flexibility index (Phi) is 6.92. The molecule has 1 fully saturated rings. The highest BCUT2D eigenvalue weighted by molar-refractivity contribution is 7.86. The molecule has 29 heavy (non-hydrogen) atoms. The van der Waals surface area contributed by atoms with E-state index in [2.05, 4.69) is 5.32 Å². The average Bonchev–Trinajstić information content (AvgIpc) is 2.72. The molecule has 0 aliphatic carbocycles. The number of nitrogens with zero attached hydrogens (tertiary/aromatic N) is 3. The average molecular weight is 423 g/mol. The molecular formula is C20H30N4O4S. The smallest absolute Gasteiger partial charge is 0.282 e. The minimum absolute atomic E-state index is 0.0171. The summed E-state index contributed by atoms with van der Waals surface area (Å²) in [6.07, 6.45) is 1.44. The third-order valence-corrected chi connectivity index (χ3v) is 7.96. The maximum atomic E-state index is 12.6.